The number of aromatic nitrogens is 3. The maximum atomic E-state index is 13.3. The molecule has 0 spiro atoms. The summed E-state index contributed by atoms with van der Waals surface area (Å²) in [5.41, 5.74) is 1.92. The quantitative estimate of drug-likeness (QED) is 0.444. The van der Waals surface area contributed by atoms with Crippen molar-refractivity contribution in [2.24, 2.45) is 0 Å². The third kappa shape index (κ3) is 3.96. The summed E-state index contributed by atoms with van der Waals surface area (Å²) in [5.74, 6) is -0.698. The Kier molecular flexibility index (Phi) is 5.13. The smallest absolute Gasteiger partial charge is 0.262 e. The normalized spacial score (nSPS) is 12.8. The number of carbonyl (C=O) groups is 1. The lowest BCUT2D eigenvalue weighted by Gasteiger charge is -2.30. The van der Waals surface area contributed by atoms with Crippen LogP contribution >= 0.6 is 11.3 Å². The third-order valence-electron chi connectivity index (χ3n) is 4.84. The molecule has 3 N–H and O–H groups in total. The second-order valence-electron chi connectivity index (χ2n) is 7.72. The fraction of sp³-hybridized carbons (Fsp3) is 0.227. The van der Waals surface area contributed by atoms with Gasteiger partial charge in [0.15, 0.2) is 0 Å². The Bertz CT molecular complexity index is 1210. The molecule has 30 heavy (non-hydrogen) atoms. The standard InChI is InChI=1S/C22H21FN4O2S/c1-12-10-14(8-9-24-12)18-16-11-17(30-21(16)27-26-18)20(28)25-19(22(2,3)29)13-4-6-15(23)7-5-13/h4-11,19,29H,1-3H3,(H,25,28)(H,26,27)/t19-/m1/s1. The van der Waals surface area contributed by atoms with Gasteiger partial charge in [-0.2, -0.15) is 5.10 Å². The highest BCUT2D eigenvalue weighted by Crippen LogP contribution is 2.33. The summed E-state index contributed by atoms with van der Waals surface area (Å²) in [6.45, 7) is 5.12. The highest BCUT2D eigenvalue weighted by molar-refractivity contribution is 7.20. The first-order valence-corrected chi connectivity index (χ1v) is 10.2. The summed E-state index contributed by atoms with van der Waals surface area (Å²) in [5, 5.41) is 21.7. The number of aromatic amines is 1. The number of halogens is 1. The number of nitrogens with one attached hydrogen (secondary N) is 2. The van der Waals surface area contributed by atoms with E-state index in [2.05, 4.69) is 20.5 Å². The number of hydrogen-bond donors (Lipinski definition) is 3. The molecule has 154 valence electrons. The zero-order chi connectivity index (χ0) is 21.5. The average molecular weight is 425 g/mol. The number of nitrogens with zero attached hydrogens (tertiary/aromatic N) is 2. The van der Waals surface area contributed by atoms with Crippen LogP contribution < -0.4 is 5.32 Å². The Morgan fingerprint density at radius 2 is 1.97 bits per heavy atom. The van der Waals surface area contributed by atoms with Crippen molar-refractivity contribution in [2.45, 2.75) is 32.4 Å². The highest BCUT2D eigenvalue weighted by Gasteiger charge is 2.31. The van der Waals surface area contributed by atoms with Crippen LogP contribution in [0.5, 0.6) is 0 Å². The van der Waals surface area contributed by atoms with Gasteiger partial charge in [0, 0.05) is 22.8 Å². The second kappa shape index (κ2) is 7.62. The molecule has 0 aliphatic heterocycles. The van der Waals surface area contributed by atoms with Crippen molar-refractivity contribution in [3.05, 3.63) is 70.6 Å². The molecule has 0 aliphatic rings. The van der Waals surface area contributed by atoms with Gasteiger partial charge in [0.2, 0.25) is 0 Å². The predicted molar refractivity (Wildman–Crippen MR) is 115 cm³/mol. The molecular formula is C22H21FN4O2S. The van der Waals surface area contributed by atoms with E-state index in [9.17, 15) is 14.3 Å². The van der Waals surface area contributed by atoms with Gasteiger partial charge in [-0.3, -0.25) is 14.9 Å². The largest absolute Gasteiger partial charge is 0.388 e. The van der Waals surface area contributed by atoms with Crippen molar-refractivity contribution < 1.29 is 14.3 Å². The zero-order valence-corrected chi connectivity index (χ0v) is 17.5. The van der Waals surface area contributed by atoms with E-state index in [0.717, 1.165) is 27.2 Å². The van der Waals surface area contributed by atoms with Crippen molar-refractivity contribution >= 4 is 27.5 Å². The van der Waals surface area contributed by atoms with E-state index in [0.29, 0.717) is 10.4 Å². The van der Waals surface area contributed by atoms with Crippen molar-refractivity contribution in [1.29, 1.82) is 0 Å². The number of pyridine rings is 1. The molecule has 8 heteroatoms. The van der Waals surface area contributed by atoms with Crippen LogP contribution in [-0.4, -0.2) is 31.8 Å². The molecule has 0 radical (unpaired) electrons. The third-order valence-corrected chi connectivity index (χ3v) is 5.87. The van der Waals surface area contributed by atoms with Gasteiger partial charge in [0.25, 0.3) is 5.91 Å². The number of amides is 1. The highest BCUT2D eigenvalue weighted by atomic mass is 32.1. The van der Waals surface area contributed by atoms with Gasteiger partial charge in [0.05, 0.1) is 16.5 Å². The van der Waals surface area contributed by atoms with E-state index in [1.165, 1.54) is 23.5 Å². The molecule has 0 aliphatic carbocycles. The topological polar surface area (TPSA) is 90.9 Å². The van der Waals surface area contributed by atoms with Crippen LogP contribution in [0.4, 0.5) is 4.39 Å². The van der Waals surface area contributed by atoms with Gasteiger partial charge in [-0.05, 0) is 56.7 Å². The first kappa shape index (κ1) is 20.2. The van der Waals surface area contributed by atoms with E-state index < -0.39 is 11.6 Å². The van der Waals surface area contributed by atoms with Crippen molar-refractivity contribution in [2.75, 3.05) is 0 Å². The lowest BCUT2D eigenvalue weighted by atomic mass is 9.91. The van der Waals surface area contributed by atoms with Crippen LogP contribution in [0.3, 0.4) is 0 Å². The van der Waals surface area contributed by atoms with Gasteiger partial charge in [-0.1, -0.05) is 12.1 Å². The number of aliphatic hydroxyl groups is 1. The van der Waals surface area contributed by atoms with E-state index in [4.69, 9.17) is 0 Å². The van der Waals surface area contributed by atoms with E-state index in [1.807, 2.05) is 19.1 Å². The molecule has 6 nitrogen and oxygen atoms in total. The minimum Gasteiger partial charge on any atom is -0.388 e. The Labute approximate surface area is 176 Å². The molecular weight excluding hydrogens is 403 g/mol. The van der Waals surface area contributed by atoms with Crippen LogP contribution in [0.1, 0.15) is 40.8 Å². The number of H-pyrrole nitrogens is 1. The van der Waals surface area contributed by atoms with Gasteiger partial charge in [-0.25, -0.2) is 4.39 Å². The molecule has 3 aromatic heterocycles. The van der Waals surface area contributed by atoms with Crippen LogP contribution in [0.2, 0.25) is 0 Å². The first-order chi connectivity index (χ1) is 14.2. The average Bonchev–Trinajstić information content (AvgIpc) is 3.27. The molecule has 4 rings (SSSR count). The Morgan fingerprint density at radius 1 is 1.23 bits per heavy atom. The Hall–Kier alpha value is -3.10. The van der Waals surface area contributed by atoms with Gasteiger partial charge < -0.3 is 10.4 Å². The molecule has 0 unspecified atom stereocenters. The summed E-state index contributed by atoms with van der Waals surface area (Å²) in [6.07, 6.45) is 1.72. The molecule has 3 heterocycles. The number of benzene rings is 1. The first-order valence-electron chi connectivity index (χ1n) is 9.42. The van der Waals surface area contributed by atoms with Crippen LogP contribution in [0, 0.1) is 12.7 Å². The van der Waals surface area contributed by atoms with Gasteiger partial charge in [0.1, 0.15) is 16.3 Å². The predicted octanol–water partition coefficient (Wildman–Crippen LogP) is 4.38. The Morgan fingerprint density at radius 3 is 2.63 bits per heavy atom. The summed E-state index contributed by atoms with van der Waals surface area (Å²) in [7, 11) is 0. The van der Waals surface area contributed by atoms with Crippen molar-refractivity contribution in [3.8, 4) is 11.3 Å². The van der Waals surface area contributed by atoms with E-state index >= 15 is 0 Å². The number of hydrogen-bond acceptors (Lipinski definition) is 5. The summed E-state index contributed by atoms with van der Waals surface area (Å²) in [6, 6.07) is 10.6. The fourth-order valence-electron chi connectivity index (χ4n) is 3.37. The number of thiophene rings is 1. The lowest BCUT2D eigenvalue weighted by Crippen LogP contribution is -2.42. The molecule has 4 aromatic rings. The maximum Gasteiger partial charge on any atom is 0.262 e. The second-order valence-corrected chi connectivity index (χ2v) is 8.78. The van der Waals surface area contributed by atoms with Gasteiger partial charge in [-0.15, -0.1) is 11.3 Å². The minimum atomic E-state index is -1.24. The van der Waals surface area contributed by atoms with Crippen molar-refractivity contribution in [3.63, 3.8) is 0 Å². The summed E-state index contributed by atoms with van der Waals surface area (Å²) in [4.78, 5) is 18.5. The Balaban J connectivity index is 1.64. The lowest BCUT2D eigenvalue weighted by molar-refractivity contribution is 0.0345. The van der Waals surface area contributed by atoms with Crippen LogP contribution in [0.25, 0.3) is 21.5 Å². The minimum absolute atomic E-state index is 0.321. The van der Waals surface area contributed by atoms with Crippen LogP contribution in [-0.2, 0) is 0 Å². The summed E-state index contributed by atoms with van der Waals surface area (Å²) < 4.78 is 13.3. The zero-order valence-electron chi connectivity index (χ0n) is 16.7. The molecule has 0 saturated carbocycles. The number of rotatable bonds is 5. The number of aryl methyl sites for hydroxylation is 1. The molecule has 0 bridgehead atoms. The van der Waals surface area contributed by atoms with E-state index in [1.54, 1.807) is 38.2 Å². The van der Waals surface area contributed by atoms with Crippen molar-refractivity contribution in [1.82, 2.24) is 20.5 Å². The molecule has 1 amide bonds. The molecule has 0 saturated heterocycles. The molecule has 1 aromatic carbocycles. The monoisotopic (exact) mass is 424 g/mol. The number of carbonyl (C=O) groups excluding carboxylic acids is 1. The van der Waals surface area contributed by atoms with E-state index in [-0.39, 0.29) is 11.7 Å². The van der Waals surface area contributed by atoms with Crippen LogP contribution in [0.15, 0.2) is 48.7 Å². The van der Waals surface area contributed by atoms with Gasteiger partial charge >= 0.3 is 0 Å². The SMILES string of the molecule is Cc1cc(-c2n[nH]c3sc(C(=O)N[C@H](c4ccc(F)cc4)C(C)(C)O)cc23)ccn1. The molecule has 1 atom stereocenters. The molecule has 0 fully saturated rings. The fourth-order valence-corrected chi connectivity index (χ4v) is 4.27. The number of fused-ring (bicyclic) bond motifs is 1. The summed E-state index contributed by atoms with van der Waals surface area (Å²) >= 11 is 1.29. The maximum absolute atomic E-state index is 13.3.